The van der Waals surface area contributed by atoms with Gasteiger partial charge in [0.1, 0.15) is 11.3 Å². The first-order valence-corrected chi connectivity index (χ1v) is 8.05. The van der Waals surface area contributed by atoms with Crippen LogP contribution in [0.2, 0.25) is 5.02 Å². The van der Waals surface area contributed by atoms with Gasteiger partial charge in [-0.05, 0) is 50.3 Å². The van der Waals surface area contributed by atoms with Gasteiger partial charge in [-0.15, -0.1) is 0 Å². The van der Waals surface area contributed by atoms with Gasteiger partial charge in [0.25, 0.3) is 0 Å². The Hall–Kier alpha value is -2.21. The molecule has 1 aliphatic heterocycles. The van der Waals surface area contributed by atoms with Gasteiger partial charge >= 0.3 is 12.1 Å². The van der Waals surface area contributed by atoms with Gasteiger partial charge in [-0.3, -0.25) is 0 Å². The number of methoxy groups -OCH3 is 1. The third kappa shape index (κ3) is 2.60. The zero-order valence-electron chi connectivity index (χ0n) is 13.5. The second kappa shape index (κ2) is 6.02. The number of hydrogen-bond acceptors (Lipinski definition) is 5. The van der Waals surface area contributed by atoms with E-state index in [-0.39, 0.29) is 11.3 Å². The number of esters is 1. The van der Waals surface area contributed by atoms with Crippen LogP contribution < -0.4 is 10.5 Å². The molecule has 1 amide bonds. The van der Waals surface area contributed by atoms with Crippen molar-refractivity contribution < 1.29 is 23.8 Å². The third-order valence-electron chi connectivity index (χ3n) is 4.42. The summed E-state index contributed by atoms with van der Waals surface area (Å²) in [5.41, 5.74) is 5.61. The molecule has 0 atom stereocenters. The molecule has 0 radical (unpaired) electrons. The van der Waals surface area contributed by atoms with Gasteiger partial charge in [0.15, 0.2) is 11.4 Å². The molecule has 2 aliphatic rings. The van der Waals surface area contributed by atoms with Crippen molar-refractivity contribution in [1.82, 2.24) is 0 Å². The van der Waals surface area contributed by atoms with E-state index in [0.29, 0.717) is 29.2 Å². The number of aryl methyl sites for hydroxylation is 1. The maximum atomic E-state index is 12.6. The predicted molar refractivity (Wildman–Crippen MR) is 87.6 cm³/mol. The van der Waals surface area contributed by atoms with Crippen molar-refractivity contribution in [3.8, 4) is 5.75 Å². The van der Waals surface area contributed by atoms with Crippen LogP contribution in [0, 0.1) is 6.92 Å². The van der Waals surface area contributed by atoms with E-state index in [1.54, 1.807) is 12.1 Å². The van der Waals surface area contributed by atoms with Crippen molar-refractivity contribution in [2.45, 2.75) is 38.2 Å². The fourth-order valence-corrected chi connectivity index (χ4v) is 3.80. The molecule has 0 bridgehead atoms. The molecule has 0 aromatic heterocycles. The summed E-state index contributed by atoms with van der Waals surface area (Å²) in [4.78, 5) is 24.0. The molecule has 0 saturated heterocycles. The molecule has 1 aromatic rings. The topological polar surface area (TPSA) is 87.8 Å². The Balaban J connectivity index is 2.26. The fraction of sp³-hybridized carbons (Fsp3) is 0.412. The number of hydrogen-bond donors (Lipinski definition) is 1. The lowest BCUT2D eigenvalue weighted by molar-refractivity contribution is -0.146. The predicted octanol–water partition coefficient (Wildman–Crippen LogP) is 3.33. The van der Waals surface area contributed by atoms with E-state index in [0.717, 1.165) is 18.4 Å². The summed E-state index contributed by atoms with van der Waals surface area (Å²) >= 11 is 6.36. The second-order valence-electron chi connectivity index (χ2n) is 6.04. The average molecular weight is 352 g/mol. The quantitative estimate of drug-likeness (QED) is 0.844. The number of rotatable bonds is 3. The van der Waals surface area contributed by atoms with Crippen LogP contribution in [0.15, 0.2) is 17.9 Å². The minimum atomic E-state index is -0.991. The molecule has 1 saturated carbocycles. The van der Waals surface area contributed by atoms with Gasteiger partial charge in [-0.25, -0.2) is 9.59 Å². The lowest BCUT2D eigenvalue weighted by Crippen LogP contribution is -2.31. The molecule has 1 aliphatic carbocycles. The van der Waals surface area contributed by atoms with E-state index in [2.05, 4.69) is 0 Å². The first-order valence-electron chi connectivity index (χ1n) is 7.68. The minimum absolute atomic E-state index is 0.109. The molecule has 3 rings (SSSR count). The number of amides is 1. The van der Waals surface area contributed by atoms with Crippen molar-refractivity contribution in [3.63, 3.8) is 0 Å². The standard InChI is InChI=1S/C17H18ClNO5/c1-9-7-10(18)12(11(8-9)22-2)13-14(23-16(19)21)17(24-15(13)20)5-3-4-6-17/h7-8H,3-6H2,1-2H3,(H2,19,21). The van der Waals surface area contributed by atoms with E-state index < -0.39 is 17.7 Å². The molecule has 1 aromatic carbocycles. The molecule has 24 heavy (non-hydrogen) atoms. The molecule has 1 fully saturated rings. The molecular weight excluding hydrogens is 334 g/mol. The van der Waals surface area contributed by atoms with Crippen molar-refractivity contribution in [2.75, 3.05) is 7.11 Å². The van der Waals surface area contributed by atoms with Crippen LogP contribution in [0.1, 0.15) is 36.8 Å². The lowest BCUT2D eigenvalue weighted by atomic mass is 9.94. The summed E-state index contributed by atoms with van der Waals surface area (Å²) in [6.07, 6.45) is 1.90. The Morgan fingerprint density at radius 1 is 1.33 bits per heavy atom. The monoisotopic (exact) mass is 351 g/mol. The highest BCUT2D eigenvalue weighted by molar-refractivity contribution is 6.35. The average Bonchev–Trinajstić information content (AvgIpc) is 3.05. The maximum absolute atomic E-state index is 12.6. The number of primary amides is 1. The highest BCUT2D eigenvalue weighted by Crippen LogP contribution is 2.50. The normalized spacial score (nSPS) is 18.9. The van der Waals surface area contributed by atoms with Crippen LogP contribution >= 0.6 is 11.6 Å². The van der Waals surface area contributed by atoms with Gasteiger partial charge in [-0.2, -0.15) is 0 Å². The third-order valence-corrected chi connectivity index (χ3v) is 4.71. The van der Waals surface area contributed by atoms with Crippen molar-refractivity contribution >= 4 is 29.2 Å². The van der Waals surface area contributed by atoms with Crippen LogP contribution in [-0.4, -0.2) is 24.8 Å². The second-order valence-corrected chi connectivity index (χ2v) is 6.45. The first kappa shape index (κ1) is 16.6. The molecule has 128 valence electrons. The van der Waals surface area contributed by atoms with Crippen LogP contribution in [0.5, 0.6) is 5.75 Å². The van der Waals surface area contributed by atoms with Gasteiger partial charge in [0, 0.05) is 0 Å². The zero-order chi connectivity index (χ0) is 17.5. The number of nitrogens with two attached hydrogens (primary N) is 1. The number of carbonyl (C=O) groups excluding carboxylic acids is 2. The van der Waals surface area contributed by atoms with E-state index in [1.807, 2.05) is 6.92 Å². The zero-order valence-corrected chi connectivity index (χ0v) is 14.2. The SMILES string of the molecule is COc1cc(C)cc(Cl)c1C1=C(OC(N)=O)C2(CCCC2)OC1=O. The Morgan fingerprint density at radius 2 is 2.00 bits per heavy atom. The number of carbonyl (C=O) groups is 2. The van der Waals surface area contributed by atoms with Gasteiger partial charge in [-0.1, -0.05) is 11.6 Å². The lowest BCUT2D eigenvalue weighted by Gasteiger charge is -2.24. The van der Waals surface area contributed by atoms with Gasteiger partial charge in [0.2, 0.25) is 0 Å². The molecule has 7 heteroatoms. The molecule has 6 nitrogen and oxygen atoms in total. The van der Waals surface area contributed by atoms with Crippen LogP contribution in [-0.2, 0) is 14.3 Å². The van der Waals surface area contributed by atoms with Gasteiger partial charge < -0.3 is 19.9 Å². The van der Waals surface area contributed by atoms with Crippen molar-refractivity contribution in [2.24, 2.45) is 5.73 Å². The summed E-state index contributed by atoms with van der Waals surface area (Å²) in [7, 11) is 1.48. The number of halogens is 1. The van der Waals surface area contributed by atoms with Crippen LogP contribution in [0.4, 0.5) is 4.79 Å². The van der Waals surface area contributed by atoms with E-state index in [9.17, 15) is 9.59 Å². The largest absolute Gasteiger partial charge is 0.496 e. The summed E-state index contributed by atoms with van der Waals surface area (Å²) in [5, 5.41) is 0.319. The molecule has 1 spiro atoms. The highest BCUT2D eigenvalue weighted by atomic mass is 35.5. The Labute approximate surface area is 144 Å². The van der Waals surface area contributed by atoms with Crippen LogP contribution in [0.3, 0.4) is 0 Å². The first-order chi connectivity index (χ1) is 11.4. The fourth-order valence-electron chi connectivity index (χ4n) is 3.44. The number of benzene rings is 1. The highest BCUT2D eigenvalue weighted by Gasteiger charge is 2.53. The minimum Gasteiger partial charge on any atom is -0.496 e. The van der Waals surface area contributed by atoms with Crippen molar-refractivity contribution in [3.05, 3.63) is 34.0 Å². The van der Waals surface area contributed by atoms with Crippen molar-refractivity contribution in [1.29, 1.82) is 0 Å². The maximum Gasteiger partial charge on any atom is 0.409 e. The van der Waals surface area contributed by atoms with Crippen LogP contribution in [0.25, 0.3) is 5.57 Å². The smallest absolute Gasteiger partial charge is 0.409 e. The number of ether oxygens (including phenoxy) is 3. The summed E-state index contributed by atoms with van der Waals surface area (Å²) in [6.45, 7) is 1.86. The van der Waals surface area contributed by atoms with Gasteiger partial charge in [0.05, 0.1) is 17.7 Å². The molecule has 2 N–H and O–H groups in total. The summed E-state index contributed by atoms with van der Waals surface area (Å²) in [5.74, 6) is -0.0358. The summed E-state index contributed by atoms with van der Waals surface area (Å²) < 4.78 is 16.2. The Kier molecular flexibility index (Phi) is 4.17. The van der Waals surface area contributed by atoms with E-state index in [4.69, 9.17) is 31.5 Å². The molecule has 1 heterocycles. The van der Waals surface area contributed by atoms with E-state index >= 15 is 0 Å². The Morgan fingerprint density at radius 3 is 2.58 bits per heavy atom. The summed E-state index contributed by atoms with van der Waals surface area (Å²) in [6, 6.07) is 3.46. The molecular formula is C17H18ClNO5. The Bertz CT molecular complexity index is 750. The molecule has 0 unspecified atom stereocenters. The van der Waals surface area contributed by atoms with E-state index in [1.165, 1.54) is 7.11 Å².